The fourth-order valence-corrected chi connectivity index (χ4v) is 5.29. The Balaban J connectivity index is 1.27. The van der Waals surface area contributed by atoms with Crippen molar-refractivity contribution in [1.29, 1.82) is 0 Å². The highest BCUT2D eigenvalue weighted by Crippen LogP contribution is 2.35. The summed E-state index contributed by atoms with van der Waals surface area (Å²) in [6, 6.07) is 22.7. The second kappa shape index (κ2) is 15.2. The Bertz CT molecular complexity index is 1870. The molecule has 242 valence electrons. The Morgan fingerprint density at radius 1 is 0.979 bits per heavy atom. The third-order valence-electron chi connectivity index (χ3n) is 7.24. The molecule has 0 fully saturated rings. The topological polar surface area (TPSA) is 137 Å². The van der Waals surface area contributed by atoms with Gasteiger partial charge in [0.25, 0.3) is 5.91 Å². The van der Waals surface area contributed by atoms with Gasteiger partial charge in [-0.3, -0.25) is 4.79 Å². The van der Waals surface area contributed by atoms with Crippen LogP contribution in [0.3, 0.4) is 0 Å². The van der Waals surface area contributed by atoms with Crippen LogP contribution in [0.4, 0.5) is 4.79 Å². The molecule has 4 aromatic rings. The molecule has 1 atom stereocenters. The molecule has 3 amide bonds. The number of hydrogen-bond acceptors (Lipinski definition) is 8. The van der Waals surface area contributed by atoms with Crippen LogP contribution in [0.15, 0.2) is 95.2 Å². The number of hydrazone groups is 1. The number of carbonyl (C=O) groups excluding carboxylic acids is 3. The average Bonchev–Trinajstić information content (AvgIpc) is 3.06. The molecule has 1 aliphatic heterocycles. The number of nitrogens with one attached hydrogen (secondary N) is 3. The second-order valence-electron chi connectivity index (χ2n) is 10.4. The van der Waals surface area contributed by atoms with Gasteiger partial charge in [0.1, 0.15) is 12.4 Å². The predicted molar refractivity (Wildman–Crippen MR) is 178 cm³/mol. The van der Waals surface area contributed by atoms with Crippen molar-refractivity contribution in [3.8, 4) is 17.2 Å². The minimum atomic E-state index is -0.781. The highest BCUT2D eigenvalue weighted by molar-refractivity contribution is 6.30. The first-order valence-corrected chi connectivity index (χ1v) is 15.1. The summed E-state index contributed by atoms with van der Waals surface area (Å²) in [4.78, 5) is 37.6. The molecule has 47 heavy (non-hydrogen) atoms. The predicted octanol–water partition coefficient (Wildman–Crippen LogP) is 5.80. The lowest BCUT2D eigenvalue weighted by atomic mass is 9.95. The lowest BCUT2D eigenvalue weighted by molar-refractivity contribution is -0.139. The molecule has 0 bridgehead atoms. The van der Waals surface area contributed by atoms with Crippen LogP contribution >= 0.6 is 11.6 Å². The number of halogens is 1. The minimum absolute atomic E-state index is 0.180. The van der Waals surface area contributed by atoms with Crippen LogP contribution in [0.5, 0.6) is 17.2 Å². The van der Waals surface area contributed by atoms with E-state index in [1.807, 2.05) is 54.6 Å². The summed E-state index contributed by atoms with van der Waals surface area (Å²) >= 11 is 6.12. The zero-order valence-electron chi connectivity index (χ0n) is 26.0. The van der Waals surface area contributed by atoms with Crippen molar-refractivity contribution >= 4 is 46.5 Å². The Kier molecular flexibility index (Phi) is 10.6. The van der Waals surface area contributed by atoms with E-state index < -0.39 is 23.9 Å². The van der Waals surface area contributed by atoms with Crippen LogP contribution in [0.2, 0.25) is 5.02 Å². The van der Waals surface area contributed by atoms with Crippen molar-refractivity contribution in [2.24, 2.45) is 5.10 Å². The Labute approximate surface area is 276 Å². The lowest BCUT2D eigenvalue weighted by Gasteiger charge is -2.28. The van der Waals surface area contributed by atoms with E-state index in [4.69, 9.17) is 30.5 Å². The van der Waals surface area contributed by atoms with E-state index >= 15 is 0 Å². The summed E-state index contributed by atoms with van der Waals surface area (Å²) in [5.74, 6) is 0.0958. The fourth-order valence-electron chi connectivity index (χ4n) is 5.07. The molecular weight excluding hydrogens is 624 g/mol. The molecule has 5 rings (SSSR count). The summed E-state index contributed by atoms with van der Waals surface area (Å²) in [5.41, 5.74) is 5.31. The number of ether oxygens (including phenoxy) is 4. The van der Waals surface area contributed by atoms with Crippen molar-refractivity contribution < 1.29 is 33.3 Å². The van der Waals surface area contributed by atoms with E-state index in [0.29, 0.717) is 40.0 Å². The molecule has 12 heteroatoms. The quantitative estimate of drug-likeness (QED) is 0.0996. The van der Waals surface area contributed by atoms with Gasteiger partial charge in [0.2, 0.25) is 0 Å². The molecule has 0 aromatic heterocycles. The van der Waals surface area contributed by atoms with Gasteiger partial charge in [-0.05, 0) is 66.1 Å². The van der Waals surface area contributed by atoms with Crippen LogP contribution < -0.4 is 30.3 Å². The first-order valence-electron chi connectivity index (χ1n) is 14.7. The summed E-state index contributed by atoms with van der Waals surface area (Å²) in [6.45, 7) is 3.44. The van der Waals surface area contributed by atoms with Gasteiger partial charge < -0.3 is 29.6 Å². The van der Waals surface area contributed by atoms with E-state index in [1.54, 1.807) is 38.1 Å². The molecule has 0 saturated heterocycles. The van der Waals surface area contributed by atoms with Gasteiger partial charge in [0, 0.05) is 16.3 Å². The number of allylic oxidation sites excluding steroid dienone is 1. The van der Waals surface area contributed by atoms with Gasteiger partial charge in [-0.1, -0.05) is 60.1 Å². The summed E-state index contributed by atoms with van der Waals surface area (Å²) < 4.78 is 22.5. The average molecular weight is 657 g/mol. The van der Waals surface area contributed by atoms with Crippen LogP contribution in [0.25, 0.3) is 10.8 Å². The van der Waals surface area contributed by atoms with Crippen LogP contribution in [-0.4, -0.2) is 44.4 Å². The summed E-state index contributed by atoms with van der Waals surface area (Å²) in [6.07, 6.45) is 1.53. The molecular formula is C35H33ClN4O7. The standard InChI is InChI=1S/C35H33ClN4O7/c1-4-45-34(42)32-21(2)38-35(43)39-33(32)24-13-15-29(30(17-24)44-3)47-20-31(41)40-37-18-27-26-11-6-5-9-23(26)12-14-28(27)46-19-22-8-7-10-25(36)16-22/h5-18,33H,4,19-20H2,1-3H3,(H,40,41)(H2,38,39,43)/b37-18+/t33-/m0/s1. The van der Waals surface area contributed by atoms with E-state index in [-0.39, 0.29) is 24.5 Å². The molecule has 1 aliphatic rings. The Morgan fingerprint density at radius 3 is 2.57 bits per heavy atom. The normalized spacial score (nSPS) is 14.4. The SMILES string of the molecule is CCOC(=O)C1=C(C)NC(=O)N[C@H]1c1ccc(OCC(=O)N/N=C/c2c(OCc3cccc(Cl)c3)ccc3ccccc23)c(OC)c1. The smallest absolute Gasteiger partial charge is 0.338 e. The molecule has 0 radical (unpaired) electrons. The summed E-state index contributed by atoms with van der Waals surface area (Å²) in [7, 11) is 1.45. The fraction of sp³-hybridized carbons (Fsp3) is 0.200. The second-order valence-corrected chi connectivity index (χ2v) is 10.8. The number of fused-ring (bicyclic) bond motifs is 1. The maximum Gasteiger partial charge on any atom is 0.338 e. The van der Waals surface area contributed by atoms with Crippen molar-refractivity contribution in [2.75, 3.05) is 20.3 Å². The van der Waals surface area contributed by atoms with Crippen molar-refractivity contribution in [3.05, 3.63) is 112 Å². The van der Waals surface area contributed by atoms with Gasteiger partial charge in [-0.25, -0.2) is 15.0 Å². The molecule has 0 unspecified atom stereocenters. The monoisotopic (exact) mass is 656 g/mol. The lowest BCUT2D eigenvalue weighted by Crippen LogP contribution is -2.45. The van der Waals surface area contributed by atoms with Crippen LogP contribution in [-0.2, 0) is 20.9 Å². The number of nitrogens with zero attached hydrogens (tertiary/aromatic N) is 1. The molecule has 0 spiro atoms. The van der Waals surface area contributed by atoms with Gasteiger partial charge in [0.15, 0.2) is 18.1 Å². The molecule has 0 aliphatic carbocycles. The van der Waals surface area contributed by atoms with Crippen LogP contribution in [0.1, 0.15) is 36.6 Å². The number of amides is 3. The van der Waals surface area contributed by atoms with E-state index in [0.717, 1.165) is 16.3 Å². The number of rotatable bonds is 12. The number of benzene rings is 4. The zero-order chi connectivity index (χ0) is 33.3. The van der Waals surface area contributed by atoms with Gasteiger partial charge in [-0.15, -0.1) is 0 Å². The minimum Gasteiger partial charge on any atom is -0.493 e. The molecule has 1 heterocycles. The summed E-state index contributed by atoms with van der Waals surface area (Å²) in [5, 5.41) is 12.0. The number of hydrogen-bond donors (Lipinski definition) is 3. The maximum absolute atomic E-state index is 12.7. The van der Waals surface area contributed by atoms with Crippen molar-refractivity contribution in [1.82, 2.24) is 16.1 Å². The number of methoxy groups -OCH3 is 1. The number of carbonyl (C=O) groups is 3. The highest BCUT2D eigenvalue weighted by Gasteiger charge is 2.32. The number of urea groups is 1. The highest BCUT2D eigenvalue weighted by atomic mass is 35.5. The third kappa shape index (κ3) is 8.00. The Hall–Kier alpha value is -5.55. The molecule has 0 saturated carbocycles. The first kappa shape index (κ1) is 32.8. The van der Waals surface area contributed by atoms with E-state index in [1.165, 1.54) is 13.3 Å². The molecule has 4 aromatic carbocycles. The van der Waals surface area contributed by atoms with Crippen LogP contribution in [0, 0.1) is 0 Å². The van der Waals surface area contributed by atoms with E-state index in [9.17, 15) is 14.4 Å². The van der Waals surface area contributed by atoms with E-state index in [2.05, 4.69) is 21.2 Å². The maximum atomic E-state index is 12.7. The number of esters is 1. The molecule has 11 nitrogen and oxygen atoms in total. The van der Waals surface area contributed by atoms with Crippen molar-refractivity contribution in [2.45, 2.75) is 26.5 Å². The Morgan fingerprint density at radius 2 is 1.79 bits per heavy atom. The third-order valence-corrected chi connectivity index (χ3v) is 7.48. The van der Waals surface area contributed by atoms with Gasteiger partial charge >= 0.3 is 12.0 Å². The van der Waals surface area contributed by atoms with Crippen molar-refractivity contribution in [3.63, 3.8) is 0 Å². The van der Waals surface area contributed by atoms with Gasteiger partial charge in [0.05, 0.1) is 31.5 Å². The molecule has 3 N–H and O–H groups in total. The zero-order valence-corrected chi connectivity index (χ0v) is 26.7. The first-order chi connectivity index (χ1) is 22.8. The largest absolute Gasteiger partial charge is 0.493 e. The van der Waals surface area contributed by atoms with Gasteiger partial charge in [-0.2, -0.15) is 5.10 Å².